The Labute approximate surface area is 181 Å². The second-order valence-electron chi connectivity index (χ2n) is 7.72. The predicted molar refractivity (Wildman–Crippen MR) is 114 cm³/mol. The van der Waals surface area contributed by atoms with Gasteiger partial charge in [-0.2, -0.15) is 0 Å². The molecule has 3 rings (SSSR count). The molecule has 0 fully saturated rings. The number of ether oxygens (including phenoxy) is 3. The van der Waals surface area contributed by atoms with Crippen molar-refractivity contribution in [1.82, 2.24) is 4.90 Å². The molecule has 0 N–H and O–H groups in total. The van der Waals surface area contributed by atoms with Crippen molar-refractivity contribution in [3.8, 4) is 11.5 Å². The van der Waals surface area contributed by atoms with Gasteiger partial charge in [-0.25, -0.2) is 0 Å². The van der Waals surface area contributed by atoms with Gasteiger partial charge in [-0.3, -0.25) is 9.59 Å². The Morgan fingerprint density at radius 3 is 2.37 bits per heavy atom. The van der Waals surface area contributed by atoms with Crippen molar-refractivity contribution in [3.63, 3.8) is 0 Å². The minimum atomic E-state index is -1.29. The summed E-state index contributed by atoms with van der Waals surface area (Å²) in [4.78, 5) is 26.8. The predicted octanol–water partition coefficient (Wildman–Crippen LogP) is 4.17. The first-order valence-electron chi connectivity index (χ1n) is 9.69. The van der Waals surface area contributed by atoms with E-state index in [2.05, 4.69) is 0 Å². The molecule has 1 atom stereocenters. The summed E-state index contributed by atoms with van der Waals surface area (Å²) in [6.45, 7) is 4.97. The van der Waals surface area contributed by atoms with Gasteiger partial charge in [-0.05, 0) is 61.2 Å². The minimum absolute atomic E-state index is 0.275. The molecule has 1 aliphatic heterocycles. The Bertz CT molecular complexity index is 972. The van der Waals surface area contributed by atoms with Crippen LogP contribution in [-0.2, 0) is 20.7 Å². The molecule has 1 unspecified atom stereocenters. The number of rotatable bonds is 5. The summed E-state index contributed by atoms with van der Waals surface area (Å²) < 4.78 is 16.3. The van der Waals surface area contributed by atoms with E-state index in [1.54, 1.807) is 39.0 Å². The van der Waals surface area contributed by atoms with Crippen LogP contribution in [0.15, 0.2) is 36.4 Å². The number of carbonyl (C=O) groups is 2. The number of fused-ring (bicyclic) bond motifs is 1. The number of methoxy groups -OCH3 is 2. The maximum atomic E-state index is 13.5. The maximum absolute atomic E-state index is 13.5. The number of hydrogen-bond donors (Lipinski definition) is 0. The van der Waals surface area contributed by atoms with Crippen molar-refractivity contribution in [2.45, 2.75) is 38.8 Å². The zero-order chi connectivity index (χ0) is 22.1. The van der Waals surface area contributed by atoms with Gasteiger partial charge in [-0.15, -0.1) is 0 Å². The molecule has 2 aromatic rings. The van der Waals surface area contributed by atoms with Crippen LogP contribution in [-0.4, -0.2) is 43.1 Å². The summed E-state index contributed by atoms with van der Waals surface area (Å²) >= 11 is 6.27. The molecule has 160 valence electrons. The van der Waals surface area contributed by atoms with E-state index in [1.807, 2.05) is 30.3 Å². The zero-order valence-electron chi connectivity index (χ0n) is 17.8. The molecule has 0 aromatic heterocycles. The van der Waals surface area contributed by atoms with Crippen molar-refractivity contribution in [2.24, 2.45) is 0 Å². The molecular weight excluding hydrogens is 406 g/mol. The van der Waals surface area contributed by atoms with Crippen LogP contribution >= 0.6 is 11.6 Å². The smallest absolute Gasteiger partial charge is 0.303 e. The van der Waals surface area contributed by atoms with Gasteiger partial charge in [-0.1, -0.05) is 23.7 Å². The molecule has 7 heteroatoms. The Morgan fingerprint density at radius 1 is 1.10 bits per heavy atom. The van der Waals surface area contributed by atoms with Gasteiger partial charge in [0.05, 0.1) is 20.3 Å². The van der Waals surface area contributed by atoms with Gasteiger partial charge in [0.25, 0.3) is 5.91 Å². The second kappa shape index (κ2) is 8.56. The molecule has 0 radical (unpaired) electrons. The lowest BCUT2D eigenvalue weighted by Gasteiger charge is -2.41. The largest absolute Gasteiger partial charge is 0.493 e. The van der Waals surface area contributed by atoms with Crippen molar-refractivity contribution in [3.05, 3.63) is 58.1 Å². The highest BCUT2D eigenvalue weighted by molar-refractivity contribution is 6.30. The molecule has 30 heavy (non-hydrogen) atoms. The van der Waals surface area contributed by atoms with Crippen LogP contribution in [0.2, 0.25) is 5.02 Å². The number of esters is 1. The summed E-state index contributed by atoms with van der Waals surface area (Å²) in [7, 11) is 3.17. The van der Waals surface area contributed by atoms with E-state index < -0.39 is 17.6 Å². The summed E-state index contributed by atoms with van der Waals surface area (Å²) in [5.41, 5.74) is 1.55. The number of halogens is 1. The highest BCUT2D eigenvalue weighted by Crippen LogP contribution is 2.42. The minimum Gasteiger partial charge on any atom is -0.493 e. The van der Waals surface area contributed by atoms with Crippen LogP contribution in [0.1, 0.15) is 43.5 Å². The first-order chi connectivity index (χ1) is 14.2. The normalized spacial score (nSPS) is 15.9. The van der Waals surface area contributed by atoms with Crippen LogP contribution in [0, 0.1) is 0 Å². The number of carbonyl (C=O) groups excluding carboxylic acids is 2. The Hall–Kier alpha value is -2.73. The monoisotopic (exact) mass is 431 g/mol. The van der Waals surface area contributed by atoms with Crippen LogP contribution in [0.5, 0.6) is 11.5 Å². The highest BCUT2D eigenvalue weighted by atomic mass is 35.5. The summed E-state index contributed by atoms with van der Waals surface area (Å²) in [6, 6.07) is 10.9. The molecular formula is C23H26ClNO5. The van der Waals surface area contributed by atoms with Gasteiger partial charge in [0.1, 0.15) is 0 Å². The molecule has 0 bridgehead atoms. The van der Waals surface area contributed by atoms with Gasteiger partial charge in [0.2, 0.25) is 0 Å². The highest BCUT2D eigenvalue weighted by Gasteiger charge is 2.41. The quantitative estimate of drug-likeness (QED) is 0.664. The maximum Gasteiger partial charge on any atom is 0.303 e. The third kappa shape index (κ3) is 4.24. The second-order valence-corrected chi connectivity index (χ2v) is 8.15. The summed E-state index contributed by atoms with van der Waals surface area (Å²) in [5.74, 6) is 0.442. The van der Waals surface area contributed by atoms with Crippen LogP contribution < -0.4 is 9.47 Å². The summed E-state index contributed by atoms with van der Waals surface area (Å²) in [5, 5.41) is 0.576. The zero-order valence-corrected chi connectivity index (χ0v) is 18.6. The van der Waals surface area contributed by atoms with E-state index in [0.29, 0.717) is 29.5 Å². The summed E-state index contributed by atoms with van der Waals surface area (Å²) in [6.07, 6.45) is 0.634. The van der Waals surface area contributed by atoms with Crippen LogP contribution in [0.4, 0.5) is 0 Å². The molecule has 2 aromatic carbocycles. The van der Waals surface area contributed by atoms with Gasteiger partial charge < -0.3 is 19.1 Å². The molecule has 0 saturated heterocycles. The number of amides is 1. The van der Waals surface area contributed by atoms with Crippen molar-refractivity contribution in [1.29, 1.82) is 0 Å². The average molecular weight is 432 g/mol. The van der Waals surface area contributed by atoms with Crippen molar-refractivity contribution in [2.75, 3.05) is 20.8 Å². The van der Waals surface area contributed by atoms with Crippen molar-refractivity contribution >= 4 is 23.5 Å². The molecule has 6 nitrogen and oxygen atoms in total. The van der Waals surface area contributed by atoms with Gasteiger partial charge in [0, 0.05) is 18.5 Å². The topological polar surface area (TPSA) is 65.1 Å². The Kier molecular flexibility index (Phi) is 6.27. The lowest BCUT2D eigenvalue weighted by atomic mass is 9.86. The SMILES string of the molecule is COc1cc2c(cc1OC)C(c1cccc(Cl)c1)N(C(=O)C(C)(C)OC(C)=O)CC2. The molecule has 0 spiro atoms. The lowest BCUT2D eigenvalue weighted by Crippen LogP contribution is -2.51. The molecule has 0 aliphatic carbocycles. The fourth-order valence-electron chi connectivity index (χ4n) is 3.95. The fraction of sp³-hybridized carbons (Fsp3) is 0.391. The van der Waals surface area contributed by atoms with E-state index in [1.165, 1.54) is 6.92 Å². The van der Waals surface area contributed by atoms with Crippen LogP contribution in [0.25, 0.3) is 0 Å². The fourth-order valence-corrected chi connectivity index (χ4v) is 4.15. The average Bonchev–Trinajstić information content (AvgIpc) is 2.70. The number of nitrogens with zero attached hydrogens (tertiary/aromatic N) is 1. The first-order valence-corrected chi connectivity index (χ1v) is 10.1. The van der Waals surface area contributed by atoms with E-state index in [9.17, 15) is 9.59 Å². The van der Waals surface area contributed by atoms with E-state index in [0.717, 1.165) is 16.7 Å². The van der Waals surface area contributed by atoms with Gasteiger partial charge >= 0.3 is 5.97 Å². The Morgan fingerprint density at radius 2 is 1.77 bits per heavy atom. The molecule has 0 saturated carbocycles. The lowest BCUT2D eigenvalue weighted by molar-refractivity contribution is -0.169. The molecule has 1 heterocycles. The van der Waals surface area contributed by atoms with E-state index in [4.69, 9.17) is 25.8 Å². The molecule has 1 amide bonds. The number of benzene rings is 2. The third-order valence-corrected chi connectivity index (χ3v) is 5.45. The first kappa shape index (κ1) is 22.0. The van der Waals surface area contributed by atoms with Crippen LogP contribution in [0.3, 0.4) is 0 Å². The Balaban J connectivity index is 2.15. The third-order valence-electron chi connectivity index (χ3n) is 5.21. The van der Waals surface area contributed by atoms with E-state index >= 15 is 0 Å². The van der Waals surface area contributed by atoms with Crippen molar-refractivity contribution < 1.29 is 23.8 Å². The van der Waals surface area contributed by atoms with E-state index in [-0.39, 0.29) is 5.91 Å². The number of hydrogen-bond acceptors (Lipinski definition) is 5. The van der Waals surface area contributed by atoms with Gasteiger partial charge in [0.15, 0.2) is 17.1 Å². The standard InChI is InChI=1S/C23H26ClNO5/c1-14(26)30-23(2,3)22(27)25-10-9-15-12-19(28-4)20(29-5)13-18(15)21(25)16-7-6-8-17(24)11-16/h6-8,11-13,21H,9-10H2,1-5H3. The molecule has 1 aliphatic rings.